The minimum absolute atomic E-state index is 0.143. The Morgan fingerprint density at radius 1 is 1.12 bits per heavy atom. The summed E-state index contributed by atoms with van der Waals surface area (Å²) in [5.74, 6) is 0. The van der Waals surface area contributed by atoms with Crippen molar-refractivity contribution in [2.45, 2.75) is 18.4 Å². The van der Waals surface area contributed by atoms with Crippen molar-refractivity contribution < 1.29 is 40.6 Å². The molecule has 0 aliphatic rings. The Balaban J connectivity index is 4.41. The molecule has 0 unspecified atom stereocenters. The van der Waals surface area contributed by atoms with E-state index in [1.54, 1.807) is 0 Å². The summed E-state index contributed by atoms with van der Waals surface area (Å²) < 4.78 is 80.1. The maximum absolute atomic E-state index is 11.9. The normalized spacial score (nSPS) is 12.7. The molecule has 1 amide bonds. The van der Waals surface area contributed by atoms with E-state index in [0.717, 1.165) is 0 Å². The van der Waals surface area contributed by atoms with Crippen LogP contribution in [0.2, 0.25) is 0 Å². The standard InChI is InChI=1S/C7H9F6NO3/c1-16-2-3-17-5(15)14-4(6(8,9)10)7(11,12)13/h4H,2-3H2,1H3,(H,14,15). The summed E-state index contributed by atoms with van der Waals surface area (Å²) in [5.41, 5.74) is 0. The zero-order valence-corrected chi connectivity index (χ0v) is 8.48. The van der Waals surface area contributed by atoms with Crippen molar-refractivity contribution in [1.29, 1.82) is 0 Å². The van der Waals surface area contributed by atoms with Crippen LogP contribution in [0.25, 0.3) is 0 Å². The van der Waals surface area contributed by atoms with Gasteiger partial charge in [0, 0.05) is 7.11 Å². The molecule has 0 aromatic carbocycles. The van der Waals surface area contributed by atoms with E-state index in [1.165, 1.54) is 7.11 Å². The van der Waals surface area contributed by atoms with Gasteiger partial charge in [0.15, 0.2) is 0 Å². The van der Waals surface area contributed by atoms with Crippen molar-refractivity contribution in [1.82, 2.24) is 5.32 Å². The third kappa shape index (κ3) is 6.19. The Kier molecular flexibility index (Phi) is 5.52. The van der Waals surface area contributed by atoms with Crippen LogP contribution in [-0.2, 0) is 9.47 Å². The lowest BCUT2D eigenvalue weighted by atomic mass is 10.3. The molecular formula is C7H9F6NO3. The average Bonchev–Trinajstić information content (AvgIpc) is 2.11. The number of carbonyl (C=O) groups excluding carboxylic acids is 1. The Morgan fingerprint density at radius 2 is 1.59 bits per heavy atom. The first-order chi connectivity index (χ1) is 7.59. The molecule has 0 spiro atoms. The van der Waals surface area contributed by atoms with Gasteiger partial charge < -0.3 is 14.8 Å². The minimum Gasteiger partial charge on any atom is -0.447 e. The average molecular weight is 269 g/mol. The molecule has 0 rings (SSSR count). The molecule has 1 N–H and O–H groups in total. The van der Waals surface area contributed by atoms with Gasteiger partial charge in [-0.1, -0.05) is 0 Å². The number of nitrogens with one attached hydrogen (secondary N) is 1. The molecule has 0 aromatic heterocycles. The monoisotopic (exact) mass is 269 g/mol. The number of hydrogen-bond donors (Lipinski definition) is 1. The summed E-state index contributed by atoms with van der Waals surface area (Å²) in [5, 5.41) is 0.689. The van der Waals surface area contributed by atoms with Gasteiger partial charge in [-0.15, -0.1) is 0 Å². The van der Waals surface area contributed by atoms with Gasteiger partial charge in [0.05, 0.1) is 6.61 Å². The van der Waals surface area contributed by atoms with E-state index in [9.17, 15) is 31.1 Å². The SMILES string of the molecule is COCCOC(=O)NC(C(F)(F)F)C(F)(F)F. The van der Waals surface area contributed by atoms with Gasteiger partial charge in [0.2, 0.25) is 6.04 Å². The second kappa shape index (κ2) is 5.94. The molecule has 0 bridgehead atoms. The largest absolute Gasteiger partial charge is 0.447 e. The summed E-state index contributed by atoms with van der Waals surface area (Å²) in [6.45, 7) is -0.596. The van der Waals surface area contributed by atoms with E-state index in [0.29, 0.717) is 5.32 Å². The van der Waals surface area contributed by atoms with Crippen molar-refractivity contribution in [3.8, 4) is 0 Å². The fourth-order valence-corrected chi connectivity index (χ4v) is 0.726. The molecule has 0 aliphatic carbocycles. The maximum atomic E-state index is 11.9. The minimum atomic E-state index is -5.64. The third-order valence-corrected chi connectivity index (χ3v) is 1.44. The number of halogens is 6. The van der Waals surface area contributed by atoms with E-state index in [-0.39, 0.29) is 6.61 Å². The molecule has 0 saturated carbocycles. The maximum Gasteiger partial charge on any atom is 0.417 e. The zero-order chi connectivity index (χ0) is 13.7. The molecule has 0 aliphatic heterocycles. The van der Waals surface area contributed by atoms with Gasteiger partial charge >= 0.3 is 18.4 Å². The molecule has 4 nitrogen and oxygen atoms in total. The summed E-state index contributed by atoms with van der Waals surface area (Å²) in [7, 11) is 1.22. The van der Waals surface area contributed by atoms with Gasteiger partial charge in [-0.25, -0.2) is 4.79 Å². The highest BCUT2D eigenvalue weighted by atomic mass is 19.4. The highest BCUT2D eigenvalue weighted by molar-refractivity contribution is 5.67. The van der Waals surface area contributed by atoms with Crippen LogP contribution in [-0.4, -0.2) is 44.8 Å². The lowest BCUT2D eigenvalue weighted by Crippen LogP contribution is -2.54. The summed E-state index contributed by atoms with van der Waals surface area (Å²) in [4.78, 5) is 10.6. The van der Waals surface area contributed by atoms with Crippen LogP contribution in [0, 0.1) is 0 Å². The lowest BCUT2D eigenvalue weighted by molar-refractivity contribution is -0.256. The van der Waals surface area contributed by atoms with Crippen LogP contribution in [0.5, 0.6) is 0 Å². The first kappa shape index (κ1) is 15.8. The molecule has 17 heavy (non-hydrogen) atoms. The van der Waals surface area contributed by atoms with Crippen molar-refractivity contribution >= 4 is 6.09 Å². The predicted octanol–water partition coefficient (Wildman–Crippen LogP) is 1.85. The van der Waals surface area contributed by atoms with Crippen LogP contribution < -0.4 is 5.32 Å². The van der Waals surface area contributed by atoms with Crippen LogP contribution in [0.3, 0.4) is 0 Å². The number of rotatable bonds is 4. The molecule has 10 heteroatoms. The van der Waals surface area contributed by atoms with E-state index >= 15 is 0 Å². The number of alkyl halides is 6. The van der Waals surface area contributed by atoms with E-state index < -0.39 is 31.1 Å². The third-order valence-electron chi connectivity index (χ3n) is 1.44. The van der Waals surface area contributed by atoms with Crippen LogP contribution >= 0.6 is 0 Å². The number of amides is 1. The number of methoxy groups -OCH3 is 1. The quantitative estimate of drug-likeness (QED) is 0.626. The fraction of sp³-hybridized carbons (Fsp3) is 0.857. The highest BCUT2D eigenvalue weighted by Crippen LogP contribution is 2.33. The first-order valence-electron chi connectivity index (χ1n) is 4.14. The highest BCUT2D eigenvalue weighted by Gasteiger charge is 2.57. The van der Waals surface area contributed by atoms with E-state index in [4.69, 9.17) is 0 Å². The molecule has 0 atom stereocenters. The zero-order valence-electron chi connectivity index (χ0n) is 8.48. The molecule has 102 valence electrons. The number of carbonyl (C=O) groups is 1. The number of hydrogen-bond acceptors (Lipinski definition) is 3. The fourth-order valence-electron chi connectivity index (χ4n) is 0.726. The summed E-state index contributed by atoms with van der Waals surface area (Å²) in [6, 6.07) is -3.95. The van der Waals surface area contributed by atoms with Gasteiger partial charge in [-0.3, -0.25) is 0 Å². The van der Waals surface area contributed by atoms with Gasteiger partial charge in [0.25, 0.3) is 0 Å². The second-order valence-corrected chi connectivity index (χ2v) is 2.79. The smallest absolute Gasteiger partial charge is 0.417 e. The molecule has 0 radical (unpaired) electrons. The van der Waals surface area contributed by atoms with Crippen molar-refractivity contribution in [3.05, 3.63) is 0 Å². The second-order valence-electron chi connectivity index (χ2n) is 2.79. The van der Waals surface area contributed by atoms with E-state index in [2.05, 4.69) is 9.47 Å². The molecule has 0 fully saturated rings. The molecule has 0 heterocycles. The molecule has 0 saturated heterocycles. The van der Waals surface area contributed by atoms with Crippen molar-refractivity contribution in [2.24, 2.45) is 0 Å². The Morgan fingerprint density at radius 3 is 1.94 bits per heavy atom. The van der Waals surface area contributed by atoms with Crippen LogP contribution in [0.1, 0.15) is 0 Å². The Labute approximate surface area is 91.9 Å². The molecular weight excluding hydrogens is 260 g/mol. The summed E-state index contributed by atoms with van der Waals surface area (Å²) in [6.07, 6.45) is -13.1. The van der Waals surface area contributed by atoms with Gasteiger partial charge in [0.1, 0.15) is 6.61 Å². The van der Waals surface area contributed by atoms with E-state index in [1.807, 2.05) is 0 Å². The van der Waals surface area contributed by atoms with Crippen LogP contribution in [0.15, 0.2) is 0 Å². The Bertz CT molecular complexity index is 237. The predicted molar refractivity (Wildman–Crippen MR) is 42.3 cm³/mol. The Hall–Kier alpha value is -1.19. The van der Waals surface area contributed by atoms with Gasteiger partial charge in [-0.05, 0) is 0 Å². The summed E-state index contributed by atoms with van der Waals surface area (Å²) >= 11 is 0. The lowest BCUT2D eigenvalue weighted by Gasteiger charge is -2.23. The van der Waals surface area contributed by atoms with Crippen molar-refractivity contribution in [3.63, 3.8) is 0 Å². The molecule has 0 aromatic rings. The van der Waals surface area contributed by atoms with Crippen LogP contribution in [0.4, 0.5) is 31.1 Å². The van der Waals surface area contributed by atoms with Gasteiger partial charge in [-0.2, -0.15) is 26.3 Å². The number of alkyl carbamates (subject to hydrolysis) is 1. The first-order valence-corrected chi connectivity index (χ1v) is 4.14. The number of ether oxygens (including phenoxy) is 2. The topological polar surface area (TPSA) is 47.6 Å². The van der Waals surface area contributed by atoms with Crippen molar-refractivity contribution in [2.75, 3.05) is 20.3 Å².